The number of rotatable bonds is 12. The van der Waals surface area contributed by atoms with E-state index in [4.69, 9.17) is 0 Å². The summed E-state index contributed by atoms with van der Waals surface area (Å²) >= 11 is 0. The van der Waals surface area contributed by atoms with Crippen molar-refractivity contribution < 1.29 is 4.39 Å². The first-order valence-corrected chi connectivity index (χ1v) is 13.4. The van der Waals surface area contributed by atoms with Crippen LogP contribution >= 0.6 is 0 Å². The summed E-state index contributed by atoms with van der Waals surface area (Å²) in [6.45, 7) is 17.3. The SMILES string of the molecule is C=C(CC)CCNC(=C)C1=CCC=C(c2ccc(CCC3CCN(CC(C)(C)F)CC3)cc2)C=C1. The van der Waals surface area contributed by atoms with Crippen LogP contribution < -0.4 is 5.32 Å². The lowest BCUT2D eigenvalue weighted by atomic mass is 9.90. The Labute approximate surface area is 213 Å². The standard InChI is InChI=1S/C32H45FN2/c1-6-25(2)18-21-34-26(3)29-8-7-9-30(17-16-29)31-14-12-27(13-15-31)10-11-28-19-22-35(23-20-28)24-32(4,5)33/h8-9,12-17,28,34H,2-3,6-7,10-11,18-24H2,1,4-5H3. The van der Waals surface area contributed by atoms with Crippen LogP contribution in [-0.4, -0.2) is 36.7 Å². The molecule has 1 aromatic rings. The molecule has 0 spiro atoms. The van der Waals surface area contributed by atoms with Gasteiger partial charge in [0, 0.05) is 18.8 Å². The zero-order valence-electron chi connectivity index (χ0n) is 22.2. The summed E-state index contributed by atoms with van der Waals surface area (Å²) in [4.78, 5) is 2.29. The third kappa shape index (κ3) is 9.29. The summed E-state index contributed by atoms with van der Waals surface area (Å²) in [5.41, 5.74) is 6.25. The van der Waals surface area contributed by atoms with E-state index in [9.17, 15) is 4.39 Å². The number of aryl methyl sites for hydroxylation is 1. The minimum Gasteiger partial charge on any atom is -0.385 e. The average Bonchev–Trinajstić information content (AvgIpc) is 3.09. The molecule has 0 bridgehead atoms. The normalized spacial score (nSPS) is 17.5. The molecular weight excluding hydrogens is 431 g/mol. The van der Waals surface area contributed by atoms with Gasteiger partial charge in [-0.15, -0.1) is 0 Å². The van der Waals surface area contributed by atoms with Gasteiger partial charge in [0.1, 0.15) is 5.67 Å². The largest absolute Gasteiger partial charge is 0.385 e. The van der Waals surface area contributed by atoms with Crippen molar-refractivity contribution in [3.8, 4) is 0 Å². The smallest absolute Gasteiger partial charge is 0.118 e. The molecule has 1 heterocycles. The minimum atomic E-state index is -1.09. The number of alkyl halides is 1. The van der Waals surface area contributed by atoms with Crippen LogP contribution in [0.3, 0.4) is 0 Å². The van der Waals surface area contributed by atoms with Crippen molar-refractivity contribution in [2.45, 2.75) is 71.4 Å². The molecule has 1 fully saturated rings. The van der Waals surface area contributed by atoms with Gasteiger partial charge in [0.25, 0.3) is 0 Å². The first kappa shape index (κ1) is 27.2. The Hall–Kier alpha value is -2.39. The number of nitrogens with zero attached hydrogens (tertiary/aromatic N) is 1. The Morgan fingerprint density at radius 2 is 1.80 bits per heavy atom. The molecule has 3 rings (SSSR count). The minimum absolute atomic E-state index is 0.558. The lowest BCUT2D eigenvalue weighted by Crippen LogP contribution is -2.41. The Morgan fingerprint density at radius 1 is 1.09 bits per heavy atom. The Kier molecular flexibility index (Phi) is 10.2. The fourth-order valence-corrected chi connectivity index (χ4v) is 4.93. The van der Waals surface area contributed by atoms with Gasteiger partial charge in [-0.25, -0.2) is 4.39 Å². The number of hydrogen-bond donors (Lipinski definition) is 1. The maximum absolute atomic E-state index is 13.9. The first-order chi connectivity index (χ1) is 16.7. The fraction of sp³-hybridized carbons (Fsp3) is 0.500. The maximum atomic E-state index is 13.9. The second kappa shape index (κ2) is 13.1. The second-order valence-corrected chi connectivity index (χ2v) is 10.8. The molecule has 1 N–H and O–H groups in total. The van der Waals surface area contributed by atoms with Crippen LogP contribution in [-0.2, 0) is 6.42 Å². The molecule has 35 heavy (non-hydrogen) atoms. The van der Waals surface area contributed by atoms with Crippen LogP contribution in [0.15, 0.2) is 78.6 Å². The Bertz CT molecular complexity index is 935. The Morgan fingerprint density at radius 3 is 2.46 bits per heavy atom. The van der Waals surface area contributed by atoms with Gasteiger partial charge in [0.2, 0.25) is 0 Å². The van der Waals surface area contributed by atoms with Crippen molar-refractivity contribution in [3.05, 3.63) is 89.7 Å². The molecular formula is C32H45FN2. The van der Waals surface area contributed by atoms with Crippen molar-refractivity contribution in [1.82, 2.24) is 10.2 Å². The quantitative estimate of drug-likeness (QED) is 0.310. The van der Waals surface area contributed by atoms with Crippen LogP contribution in [0.4, 0.5) is 4.39 Å². The fourth-order valence-electron chi connectivity index (χ4n) is 4.93. The molecule has 1 saturated heterocycles. The lowest BCUT2D eigenvalue weighted by molar-refractivity contribution is 0.0943. The number of halogens is 1. The van der Waals surface area contributed by atoms with E-state index in [1.807, 2.05) is 0 Å². The highest BCUT2D eigenvalue weighted by Crippen LogP contribution is 2.26. The van der Waals surface area contributed by atoms with E-state index in [0.29, 0.717) is 6.54 Å². The molecule has 0 unspecified atom stereocenters. The van der Waals surface area contributed by atoms with Crippen LogP contribution in [0, 0.1) is 5.92 Å². The topological polar surface area (TPSA) is 15.3 Å². The summed E-state index contributed by atoms with van der Waals surface area (Å²) in [5.74, 6) is 0.757. The highest BCUT2D eigenvalue weighted by Gasteiger charge is 2.25. The molecule has 0 radical (unpaired) electrons. The summed E-state index contributed by atoms with van der Waals surface area (Å²) < 4.78 is 13.9. The molecule has 2 nitrogen and oxygen atoms in total. The summed E-state index contributed by atoms with van der Waals surface area (Å²) in [7, 11) is 0. The van der Waals surface area contributed by atoms with E-state index in [-0.39, 0.29) is 0 Å². The highest BCUT2D eigenvalue weighted by atomic mass is 19.1. The second-order valence-electron chi connectivity index (χ2n) is 10.8. The number of hydrogen-bond acceptors (Lipinski definition) is 2. The van der Waals surface area contributed by atoms with Crippen molar-refractivity contribution >= 4 is 5.57 Å². The van der Waals surface area contributed by atoms with Crippen LogP contribution in [0.5, 0.6) is 0 Å². The van der Waals surface area contributed by atoms with E-state index in [0.717, 1.165) is 62.5 Å². The van der Waals surface area contributed by atoms with E-state index in [2.05, 4.69) is 78.9 Å². The lowest BCUT2D eigenvalue weighted by Gasteiger charge is -2.34. The van der Waals surface area contributed by atoms with Gasteiger partial charge in [-0.3, -0.25) is 0 Å². The Balaban J connectivity index is 1.44. The van der Waals surface area contributed by atoms with Gasteiger partial charge in [-0.2, -0.15) is 0 Å². The van der Waals surface area contributed by atoms with Gasteiger partial charge in [0.15, 0.2) is 0 Å². The summed E-state index contributed by atoms with van der Waals surface area (Å²) in [6, 6.07) is 9.08. The van der Waals surface area contributed by atoms with Gasteiger partial charge in [0.05, 0.1) is 0 Å². The number of allylic oxidation sites excluding steroid dienone is 5. The molecule has 1 aliphatic heterocycles. The molecule has 190 valence electrons. The molecule has 1 aliphatic carbocycles. The van der Waals surface area contributed by atoms with Crippen LogP contribution in [0.25, 0.3) is 5.57 Å². The van der Waals surface area contributed by atoms with Crippen molar-refractivity contribution in [2.75, 3.05) is 26.2 Å². The van der Waals surface area contributed by atoms with Gasteiger partial charge < -0.3 is 10.2 Å². The number of likely N-dealkylation sites (tertiary alicyclic amines) is 1. The zero-order valence-corrected chi connectivity index (χ0v) is 22.2. The molecule has 0 aromatic heterocycles. The van der Waals surface area contributed by atoms with Gasteiger partial charge in [-0.05, 0) is 100 Å². The third-order valence-electron chi connectivity index (χ3n) is 7.22. The molecule has 3 heteroatoms. The predicted octanol–water partition coefficient (Wildman–Crippen LogP) is 7.81. The number of nitrogens with one attached hydrogen (secondary N) is 1. The van der Waals surface area contributed by atoms with Crippen molar-refractivity contribution in [1.29, 1.82) is 0 Å². The number of piperidine rings is 1. The van der Waals surface area contributed by atoms with Crippen molar-refractivity contribution in [3.63, 3.8) is 0 Å². The van der Waals surface area contributed by atoms with E-state index in [1.165, 1.54) is 41.5 Å². The van der Waals surface area contributed by atoms with E-state index >= 15 is 0 Å². The van der Waals surface area contributed by atoms with Crippen LogP contribution in [0.1, 0.15) is 70.4 Å². The van der Waals surface area contributed by atoms with Crippen molar-refractivity contribution in [2.24, 2.45) is 5.92 Å². The average molecular weight is 477 g/mol. The van der Waals surface area contributed by atoms with Gasteiger partial charge >= 0.3 is 0 Å². The molecule has 0 saturated carbocycles. The van der Waals surface area contributed by atoms with Gasteiger partial charge in [-0.1, -0.05) is 74.2 Å². The first-order valence-electron chi connectivity index (χ1n) is 13.4. The molecule has 1 aromatic carbocycles. The molecule has 2 aliphatic rings. The summed E-state index contributed by atoms with van der Waals surface area (Å²) in [6.07, 6.45) is 16.5. The van der Waals surface area contributed by atoms with Crippen LogP contribution in [0.2, 0.25) is 0 Å². The maximum Gasteiger partial charge on any atom is 0.118 e. The van der Waals surface area contributed by atoms with E-state index in [1.54, 1.807) is 13.8 Å². The monoisotopic (exact) mass is 476 g/mol. The highest BCUT2D eigenvalue weighted by molar-refractivity contribution is 5.76. The van der Waals surface area contributed by atoms with E-state index < -0.39 is 5.67 Å². The zero-order chi connectivity index (χ0) is 25.3. The predicted molar refractivity (Wildman–Crippen MR) is 150 cm³/mol. The number of benzene rings is 1. The summed E-state index contributed by atoms with van der Waals surface area (Å²) in [5, 5.41) is 3.44. The molecule has 0 atom stereocenters. The molecule has 0 amide bonds. The third-order valence-corrected chi connectivity index (χ3v) is 7.22.